The molecule has 0 radical (unpaired) electrons. The van der Waals surface area contributed by atoms with Gasteiger partial charge in [-0.1, -0.05) is 18.2 Å². The van der Waals surface area contributed by atoms with Gasteiger partial charge in [0.2, 0.25) is 0 Å². The number of rotatable bonds is 5. The monoisotopic (exact) mass is 386 g/mol. The number of carbonyl (C=O) groups excluding carboxylic acids is 2. The van der Waals surface area contributed by atoms with Crippen molar-refractivity contribution in [3.63, 3.8) is 0 Å². The minimum Gasteiger partial charge on any atom is -0.481 e. The summed E-state index contributed by atoms with van der Waals surface area (Å²) in [5.41, 5.74) is 1.42. The van der Waals surface area contributed by atoms with Crippen LogP contribution in [0.2, 0.25) is 0 Å². The number of carboxylic acids is 1. The highest BCUT2D eigenvalue weighted by molar-refractivity contribution is 7.12. The lowest BCUT2D eigenvalue weighted by Gasteiger charge is -2.36. The number of carboxylic acid groups (broad SMARTS) is 1. The molecule has 0 bridgehead atoms. The first-order valence-electron chi connectivity index (χ1n) is 8.90. The van der Waals surface area contributed by atoms with Crippen LogP contribution in [0.3, 0.4) is 0 Å². The first-order valence-corrected chi connectivity index (χ1v) is 9.78. The number of aliphatic carboxylic acids is 1. The van der Waals surface area contributed by atoms with Gasteiger partial charge in [-0.15, -0.1) is 11.3 Å². The molecule has 0 aliphatic carbocycles. The van der Waals surface area contributed by atoms with E-state index in [9.17, 15) is 19.5 Å². The van der Waals surface area contributed by atoms with Crippen molar-refractivity contribution in [1.82, 2.24) is 10.2 Å². The van der Waals surface area contributed by atoms with Gasteiger partial charge in [0, 0.05) is 24.7 Å². The lowest BCUT2D eigenvalue weighted by atomic mass is 9.93. The maximum Gasteiger partial charge on any atom is 0.308 e. The van der Waals surface area contributed by atoms with Gasteiger partial charge in [0.15, 0.2) is 0 Å². The number of piperidine rings is 1. The van der Waals surface area contributed by atoms with Gasteiger partial charge in [-0.2, -0.15) is 0 Å². The van der Waals surface area contributed by atoms with Gasteiger partial charge in [0.25, 0.3) is 11.8 Å². The van der Waals surface area contributed by atoms with Gasteiger partial charge in [0.05, 0.1) is 10.8 Å². The van der Waals surface area contributed by atoms with Gasteiger partial charge in [-0.3, -0.25) is 14.4 Å². The predicted molar refractivity (Wildman–Crippen MR) is 103 cm³/mol. The van der Waals surface area contributed by atoms with Crippen molar-refractivity contribution in [2.24, 2.45) is 5.92 Å². The number of benzene rings is 1. The molecule has 1 aromatic carbocycles. The molecule has 1 saturated heterocycles. The SMILES string of the molecule is CC1CCC(C(=O)O)CN1C(=O)c1ccc(CNC(=O)c2cccs2)cc1. The molecule has 2 amide bonds. The molecule has 1 fully saturated rings. The Morgan fingerprint density at radius 1 is 1.19 bits per heavy atom. The summed E-state index contributed by atoms with van der Waals surface area (Å²) in [5, 5.41) is 13.9. The number of likely N-dealkylation sites (tertiary alicyclic amines) is 1. The Balaban J connectivity index is 1.61. The number of hydrogen-bond donors (Lipinski definition) is 2. The molecule has 7 heteroatoms. The number of nitrogens with zero attached hydrogens (tertiary/aromatic N) is 1. The largest absolute Gasteiger partial charge is 0.481 e. The van der Waals surface area contributed by atoms with E-state index in [0.717, 1.165) is 5.56 Å². The Morgan fingerprint density at radius 3 is 2.56 bits per heavy atom. The summed E-state index contributed by atoms with van der Waals surface area (Å²) in [6.07, 6.45) is 1.29. The van der Waals surface area contributed by atoms with Crippen molar-refractivity contribution < 1.29 is 19.5 Å². The van der Waals surface area contributed by atoms with Crippen LogP contribution in [0, 0.1) is 5.92 Å². The van der Waals surface area contributed by atoms with Crippen molar-refractivity contribution in [2.45, 2.75) is 32.4 Å². The molecule has 2 aromatic rings. The Bertz CT molecular complexity index is 817. The van der Waals surface area contributed by atoms with Crippen molar-refractivity contribution in [3.05, 3.63) is 57.8 Å². The fourth-order valence-electron chi connectivity index (χ4n) is 3.20. The van der Waals surface area contributed by atoms with E-state index in [2.05, 4.69) is 5.32 Å². The molecule has 0 saturated carbocycles. The van der Waals surface area contributed by atoms with Crippen molar-refractivity contribution >= 4 is 29.1 Å². The summed E-state index contributed by atoms with van der Waals surface area (Å²) < 4.78 is 0. The third kappa shape index (κ3) is 4.54. The number of carbonyl (C=O) groups is 3. The number of hydrogen-bond acceptors (Lipinski definition) is 4. The van der Waals surface area contributed by atoms with E-state index in [1.807, 2.05) is 30.5 Å². The molecule has 2 N–H and O–H groups in total. The molecule has 6 nitrogen and oxygen atoms in total. The Kier molecular flexibility index (Phi) is 5.91. The lowest BCUT2D eigenvalue weighted by Crippen LogP contribution is -2.47. The van der Waals surface area contributed by atoms with Crippen LogP contribution in [0.1, 0.15) is 45.4 Å². The molecule has 2 heterocycles. The predicted octanol–water partition coefficient (Wildman–Crippen LogP) is 3.00. The summed E-state index contributed by atoms with van der Waals surface area (Å²) in [4.78, 5) is 38.3. The highest BCUT2D eigenvalue weighted by atomic mass is 32.1. The van der Waals surface area contributed by atoms with E-state index in [-0.39, 0.29) is 24.4 Å². The average molecular weight is 386 g/mol. The molecule has 1 aromatic heterocycles. The standard InChI is InChI=1S/C20H22N2O4S/c1-13-4-7-16(20(25)26)12-22(13)19(24)15-8-5-14(6-9-15)11-21-18(23)17-3-2-10-27-17/h2-3,5-6,8-10,13,16H,4,7,11-12H2,1H3,(H,21,23)(H,25,26). The van der Waals surface area contributed by atoms with Crippen LogP contribution in [0.4, 0.5) is 0 Å². The zero-order chi connectivity index (χ0) is 19.4. The van der Waals surface area contributed by atoms with Crippen LogP contribution < -0.4 is 5.32 Å². The highest BCUT2D eigenvalue weighted by Gasteiger charge is 2.32. The van der Waals surface area contributed by atoms with Gasteiger partial charge >= 0.3 is 5.97 Å². The molecular formula is C20H22N2O4S. The lowest BCUT2D eigenvalue weighted by molar-refractivity contribution is -0.143. The quantitative estimate of drug-likeness (QED) is 0.827. The minimum absolute atomic E-state index is 0.0258. The van der Waals surface area contributed by atoms with Crippen LogP contribution in [-0.4, -0.2) is 40.4 Å². The second-order valence-electron chi connectivity index (χ2n) is 6.78. The van der Waals surface area contributed by atoms with E-state index in [4.69, 9.17) is 0 Å². The molecule has 2 atom stereocenters. The van der Waals surface area contributed by atoms with Crippen LogP contribution in [0.25, 0.3) is 0 Å². The van der Waals surface area contributed by atoms with Gasteiger partial charge in [-0.05, 0) is 48.9 Å². The molecule has 1 aliphatic heterocycles. The van der Waals surface area contributed by atoms with Crippen molar-refractivity contribution in [2.75, 3.05) is 6.54 Å². The summed E-state index contributed by atoms with van der Waals surface area (Å²) in [6.45, 7) is 2.57. The number of nitrogens with one attached hydrogen (secondary N) is 1. The second kappa shape index (κ2) is 8.35. The Hall–Kier alpha value is -2.67. The highest BCUT2D eigenvalue weighted by Crippen LogP contribution is 2.24. The average Bonchev–Trinajstić information content (AvgIpc) is 3.21. The van der Waals surface area contributed by atoms with Crippen molar-refractivity contribution in [3.8, 4) is 0 Å². The van der Waals surface area contributed by atoms with Crippen LogP contribution in [0.15, 0.2) is 41.8 Å². The fraction of sp³-hybridized carbons (Fsp3) is 0.350. The molecule has 0 spiro atoms. The third-order valence-electron chi connectivity index (χ3n) is 4.89. The minimum atomic E-state index is -0.850. The molecule has 2 unspecified atom stereocenters. The maximum absolute atomic E-state index is 12.8. The number of thiophene rings is 1. The number of amides is 2. The molecule has 1 aliphatic rings. The Labute approximate surface area is 161 Å². The van der Waals surface area contributed by atoms with Gasteiger partial charge in [0.1, 0.15) is 0 Å². The van der Waals surface area contributed by atoms with Crippen LogP contribution >= 0.6 is 11.3 Å². The summed E-state index contributed by atoms with van der Waals surface area (Å²) >= 11 is 1.39. The first kappa shape index (κ1) is 19.1. The third-order valence-corrected chi connectivity index (χ3v) is 5.76. The topological polar surface area (TPSA) is 86.7 Å². The van der Waals surface area contributed by atoms with Crippen molar-refractivity contribution in [1.29, 1.82) is 0 Å². The van der Waals surface area contributed by atoms with Gasteiger partial charge in [-0.25, -0.2) is 0 Å². The first-order chi connectivity index (χ1) is 13.0. The normalized spacial score (nSPS) is 19.5. The van der Waals surface area contributed by atoms with Crippen LogP contribution in [0.5, 0.6) is 0 Å². The smallest absolute Gasteiger partial charge is 0.308 e. The van der Waals surface area contributed by atoms with E-state index in [0.29, 0.717) is 29.8 Å². The van der Waals surface area contributed by atoms with E-state index < -0.39 is 11.9 Å². The van der Waals surface area contributed by atoms with Crippen LogP contribution in [-0.2, 0) is 11.3 Å². The van der Waals surface area contributed by atoms with Gasteiger partial charge < -0.3 is 15.3 Å². The van der Waals surface area contributed by atoms with E-state index in [1.165, 1.54) is 11.3 Å². The van der Waals surface area contributed by atoms with E-state index in [1.54, 1.807) is 23.1 Å². The summed E-state index contributed by atoms with van der Waals surface area (Å²) in [6, 6.07) is 10.7. The molecular weight excluding hydrogens is 364 g/mol. The maximum atomic E-state index is 12.8. The Morgan fingerprint density at radius 2 is 1.93 bits per heavy atom. The molecule has 142 valence electrons. The fourth-order valence-corrected chi connectivity index (χ4v) is 3.84. The summed E-state index contributed by atoms with van der Waals surface area (Å²) in [5.74, 6) is -1.62. The zero-order valence-electron chi connectivity index (χ0n) is 15.1. The summed E-state index contributed by atoms with van der Waals surface area (Å²) in [7, 11) is 0. The van der Waals surface area contributed by atoms with E-state index >= 15 is 0 Å². The molecule has 27 heavy (non-hydrogen) atoms. The zero-order valence-corrected chi connectivity index (χ0v) is 15.9. The molecule has 3 rings (SSSR count). The second-order valence-corrected chi connectivity index (χ2v) is 7.72.